The zero-order chi connectivity index (χ0) is 5.98. The second-order valence-corrected chi connectivity index (χ2v) is 3.15. The van der Waals surface area contributed by atoms with Gasteiger partial charge in [-0.25, -0.2) is 0 Å². The Labute approximate surface area is 50.8 Å². The van der Waals surface area contributed by atoms with Crippen molar-refractivity contribution < 1.29 is 9.02 Å². The van der Waals surface area contributed by atoms with Crippen molar-refractivity contribution in [3.05, 3.63) is 5.21 Å². The molecule has 1 heterocycles. The molecule has 2 atom stereocenters. The quantitative estimate of drug-likeness (QED) is 0.288. The van der Waals surface area contributed by atoms with Crippen LogP contribution in [0.1, 0.15) is 0 Å². The monoisotopic (exact) mass is 136 g/mol. The Bertz CT molecular complexity index is 71.7. The van der Waals surface area contributed by atoms with Gasteiger partial charge in [0.25, 0.3) is 0 Å². The standard InChI is InChI=1S/C3H8N2O2S/c6-5-3-4-1-2-8(5)7/h4-5H,1-3H2. The smallest absolute Gasteiger partial charge is 0.172 e. The van der Waals surface area contributed by atoms with E-state index < -0.39 is 11.4 Å². The maximum atomic E-state index is 10.5. The van der Waals surface area contributed by atoms with Gasteiger partial charge in [-0.15, -0.1) is 0 Å². The van der Waals surface area contributed by atoms with E-state index in [1.165, 1.54) is 0 Å². The van der Waals surface area contributed by atoms with Gasteiger partial charge in [0.1, 0.15) is 11.4 Å². The summed E-state index contributed by atoms with van der Waals surface area (Å²) in [6.07, 6.45) is 0. The highest BCUT2D eigenvalue weighted by molar-refractivity contribution is 7.85. The summed E-state index contributed by atoms with van der Waals surface area (Å²) in [6, 6.07) is 0. The largest absolute Gasteiger partial charge is 0.587 e. The lowest BCUT2D eigenvalue weighted by atomic mass is 10.7. The number of nitrogens with one attached hydrogen (secondary N) is 2. The first-order valence-electron chi connectivity index (χ1n) is 2.42. The Morgan fingerprint density at radius 3 is 2.75 bits per heavy atom. The highest BCUT2D eigenvalue weighted by atomic mass is 32.2. The van der Waals surface area contributed by atoms with Gasteiger partial charge >= 0.3 is 0 Å². The van der Waals surface area contributed by atoms with Gasteiger partial charge < -0.3 is 9.76 Å². The summed E-state index contributed by atoms with van der Waals surface area (Å²) in [5.74, 6) is 0.485. The van der Waals surface area contributed by atoms with Crippen LogP contribution >= 0.6 is 0 Å². The van der Waals surface area contributed by atoms with Crippen LogP contribution in [0.25, 0.3) is 0 Å². The Hall–Kier alpha value is 0.190. The predicted molar refractivity (Wildman–Crippen MR) is 30.2 cm³/mol. The molecule has 0 aromatic heterocycles. The minimum atomic E-state index is -1.19. The molecule has 0 spiro atoms. The molecule has 1 aliphatic heterocycles. The van der Waals surface area contributed by atoms with Crippen LogP contribution in [0.15, 0.2) is 0 Å². The van der Waals surface area contributed by atoms with E-state index >= 15 is 0 Å². The molecule has 2 unspecified atom stereocenters. The topological polar surface area (TPSA) is 62.6 Å². The number of rotatable bonds is 0. The molecule has 0 saturated carbocycles. The lowest BCUT2D eigenvalue weighted by Crippen LogP contribution is -3.12. The van der Waals surface area contributed by atoms with Crippen LogP contribution in [0.2, 0.25) is 0 Å². The van der Waals surface area contributed by atoms with E-state index in [0.29, 0.717) is 12.3 Å². The van der Waals surface area contributed by atoms with E-state index in [1.54, 1.807) is 0 Å². The van der Waals surface area contributed by atoms with Gasteiger partial charge in [0, 0.05) is 0 Å². The van der Waals surface area contributed by atoms with E-state index in [4.69, 9.17) is 0 Å². The van der Waals surface area contributed by atoms with Crippen molar-refractivity contribution >= 4 is 11.4 Å². The summed E-state index contributed by atoms with van der Waals surface area (Å²) < 4.78 is 10.3. The molecule has 1 aliphatic rings. The first-order chi connectivity index (χ1) is 3.80. The third kappa shape index (κ3) is 1.33. The normalized spacial score (nSPS) is 39.8. The molecule has 1 fully saturated rings. The second kappa shape index (κ2) is 2.65. The number of hydrogen-bond acceptors (Lipinski definition) is 3. The Morgan fingerprint density at radius 2 is 2.38 bits per heavy atom. The number of hydroxylamine groups is 1. The molecule has 0 aromatic rings. The molecule has 0 aliphatic carbocycles. The van der Waals surface area contributed by atoms with Crippen molar-refractivity contribution in [2.45, 2.75) is 0 Å². The van der Waals surface area contributed by atoms with Gasteiger partial charge in [0.2, 0.25) is 0 Å². The van der Waals surface area contributed by atoms with Crippen LogP contribution in [-0.4, -0.2) is 23.5 Å². The van der Waals surface area contributed by atoms with Gasteiger partial charge in [-0.05, 0) is 0 Å². The number of hydrogen-bond donors (Lipinski definition) is 2. The van der Waals surface area contributed by atoms with Crippen LogP contribution in [-0.2, 0) is 11.4 Å². The van der Waals surface area contributed by atoms with Crippen molar-refractivity contribution in [2.75, 3.05) is 19.0 Å². The van der Waals surface area contributed by atoms with Gasteiger partial charge in [0.15, 0.2) is 12.4 Å². The maximum absolute atomic E-state index is 10.5. The summed E-state index contributed by atoms with van der Waals surface area (Å²) in [7, 11) is 0. The zero-order valence-electron chi connectivity index (χ0n) is 4.35. The SMILES string of the molecule is [O-][NH+]1CNCC[S+]1[O-]. The van der Waals surface area contributed by atoms with Crippen LogP contribution in [0, 0.1) is 5.21 Å². The Balaban J connectivity index is 2.28. The summed E-state index contributed by atoms with van der Waals surface area (Å²) >= 11 is -1.19. The molecule has 0 aromatic carbocycles. The van der Waals surface area contributed by atoms with E-state index in [1.807, 2.05) is 0 Å². The minimum absolute atomic E-state index is 0.170. The van der Waals surface area contributed by atoms with Crippen LogP contribution in [0.5, 0.6) is 0 Å². The predicted octanol–water partition coefficient (Wildman–Crippen LogP) is -2.41. The van der Waals surface area contributed by atoms with Gasteiger partial charge in [0.05, 0.1) is 6.54 Å². The highest BCUT2D eigenvalue weighted by Gasteiger charge is 2.18. The van der Waals surface area contributed by atoms with Crippen LogP contribution in [0.4, 0.5) is 0 Å². The fraction of sp³-hybridized carbons (Fsp3) is 1.00. The maximum Gasteiger partial charge on any atom is 0.172 e. The average Bonchev–Trinajstić information content (AvgIpc) is 1.77. The van der Waals surface area contributed by atoms with E-state index in [9.17, 15) is 9.76 Å². The summed E-state index contributed by atoms with van der Waals surface area (Å²) in [5, 5.41) is 13.3. The Morgan fingerprint density at radius 1 is 1.62 bits per heavy atom. The molecule has 1 saturated heterocycles. The third-order valence-electron chi connectivity index (χ3n) is 0.988. The van der Waals surface area contributed by atoms with E-state index in [2.05, 4.69) is 5.32 Å². The minimum Gasteiger partial charge on any atom is -0.587 e. The van der Waals surface area contributed by atoms with Crippen molar-refractivity contribution in [1.82, 2.24) is 5.32 Å². The van der Waals surface area contributed by atoms with Gasteiger partial charge in [-0.2, -0.15) is 4.47 Å². The molecule has 48 valence electrons. The molecule has 5 heteroatoms. The highest BCUT2D eigenvalue weighted by Crippen LogP contribution is 1.78. The molecule has 0 radical (unpaired) electrons. The summed E-state index contributed by atoms with van der Waals surface area (Å²) in [5.41, 5.74) is 0. The molecule has 2 N–H and O–H groups in total. The fourth-order valence-electron chi connectivity index (χ4n) is 0.550. The zero-order valence-corrected chi connectivity index (χ0v) is 5.16. The molecular weight excluding hydrogens is 128 g/mol. The average molecular weight is 136 g/mol. The molecule has 0 bridgehead atoms. The molecule has 4 nitrogen and oxygen atoms in total. The van der Waals surface area contributed by atoms with Gasteiger partial charge in [-0.3, -0.25) is 5.32 Å². The molecule has 0 amide bonds. The van der Waals surface area contributed by atoms with Crippen molar-refractivity contribution in [3.8, 4) is 0 Å². The van der Waals surface area contributed by atoms with Gasteiger partial charge in [-0.1, -0.05) is 0 Å². The summed E-state index contributed by atoms with van der Waals surface area (Å²) in [4.78, 5) is 0. The lowest BCUT2D eigenvalue weighted by Gasteiger charge is -2.26. The molecule has 8 heavy (non-hydrogen) atoms. The second-order valence-electron chi connectivity index (χ2n) is 1.60. The molecule has 1 rings (SSSR count). The first kappa shape index (κ1) is 6.31. The summed E-state index contributed by atoms with van der Waals surface area (Å²) in [6.45, 7) is 0.991. The fourth-order valence-corrected chi connectivity index (χ4v) is 1.37. The number of quaternary nitrogens is 1. The Kier molecular flexibility index (Phi) is 2.09. The van der Waals surface area contributed by atoms with Crippen molar-refractivity contribution in [1.29, 1.82) is 0 Å². The first-order valence-corrected chi connectivity index (χ1v) is 3.74. The van der Waals surface area contributed by atoms with E-state index in [-0.39, 0.29) is 11.1 Å². The van der Waals surface area contributed by atoms with Crippen LogP contribution < -0.4 is 9.79 Å². The van der Waals surface area contributed by atoms with Crippen molar-refractivity contribution in [3.63, 3.8) is 0 Å². The molecular formula is C3H8N2O2S. The lowest BCUT2D eigenvalue weighted by molar-refractivity contribution is -0.714. The third-order valence-corrected chi connectivity index (χ3v) is 2.21. The van der Waals surface area contributed by atoms with E-state index in [0.717, 1.165) is 0 Å². The van der Waals surface area contributed by atoms with Crippen LogP contribution in [0.3, 0.4) is 0 Å². The van der Waals surface area contributed by atoms with Crippen molar-refractivity contribution in [2.24, 2.45) is 0 Å².